The lowest BCUT2D eigenvalue weighted by Gasteiger charge is -2.31. The second-order valence-corrected chi connectivity index (χ2v) is 6.34. The number of nitrogens with one attached hydrogen (secondary N) is 1. The van der Waals surface area contributed by atoms with E-state index in [1.54, 1.807) is 0 Å². The Hall–Kier alpha value is -1.35. The minimum Gasteiger partial charge on any atom is -0.319 e. The minimum atomic E-state index is -0.241. The number of carbonyl (C=O) groups excluding carboxylic acids is 1. The van der Waals surface area contributed by atoms with Crippen LogP contribution in [0.25, 0.3) is 0 Å². The Balaban J connectivity index is 1.95. The van der Waals surface area contributed by atoms with E-state index < -0.39 is 0 Å². The maximum absolute atomic E-state index is 12.8. The third-order valence-corrected chi connectivity index (χ3v) is 4.75. The highest BCUT2D eigenvalue weighted by molar-refractivity contribution is 5.92. The van der Waals surface area contributed by atoms with E-state index in [2.05, 4.69) is 55.3 Å². The molecular formula is C17H24N2O. The predicted molar refractivity (Wildman–Crippen MR) is 80.2 cm³/mol. The van der Waals surface area contributed by atoms with E-state index in [1.165, 1.54) is 11.1 Å². The topological polar surface area (TPSA) is 32.3 Å². The highest BCUT2D eigenvalue weighted by Crippen LogP contribution is 2.47. The Bertz CT molecular complexity index is 521. The molecule has 3 nitrogen and oxygen atoms in total. The van der Waals surface area contributed by atoms with Crippen LogP contribution in [-0.2, 0) is 4.79 Å². The van der Waals surface area contributed by atoms with Crippen molar-refractivity contribution in [2.24, 2.45) is 0 Å². The molecule has 0 bridgehead atoms. The molecule has 2 atom stereocenters. The monoisotopic (exact) mass is 272 g/mol. The van der Waals surface area contributed by atoms with Crippen molar-refractivity contribution in [1.29, 1.82) is 0 Å². The van der Waals surface area contributed by atoms with E-state index in [-0.39, 0.29) is 11.7 Å². The number of hydrogen-bond acceptors (Lipinski definition) is 2. The van der Waals surface area contributed by atoms with Gasteiger partial charge in [0.1, 0.15) is 11.7 Å². The largest absolute Gasteiger partial charge is 0.319 e. The fourth-order valence-electron chi connectivity index (χ4n) is 3.37. The molecule has 1 aromatic rings. The molecule has 1 aliphatic carbocycles. The Morgan fingerprint density at radius 2 is 2.10 bits per heavy atom. The lowest BCUT2D eigenvalue weighted by molar-refractivity contribution is -0.132. The van der Waals surface area contributed by atoms with Crippen LogP contribution >= 0.6 is 0 Å². The van der Waals surface area contributed by atoms with Gasteiger partial charge in [-0.1, -0.05) is 37.6 Å². The molecule has 3 heteroatoms. The predicted octanol–water partition coefficient (Wildman–Crippen LogP) is 3.15. The zero-order valence-electron chi connectivity index (χ0n) is 12.6. The molecule has 1 heterocycles. The van der Waals surface area contributed by atoms with Crippen LogP contribution in [0.3, 0.4) is 0 Å². The van der Waals surface area contributed by atoms with E-state index in [0.29, 0.717) is 11.9 Å². The van der Waals surface area contributed by atoms with Crippen molar-refractivity contribution in [3.8, 4) is 0 Å². The summed E-state index contributed by atoms with van der Waals surface area (Å²) >= 11 is 0. The quantitative estimate of drug-likeness (QED) is 0.913. The maximum Gasteiger partial charge on any atom is 0.244 e. The lowest BCUT2D eigenvalue weighted by Crippen LogP contribution is -2.39. The summed E-state index contributed by atoms with van der Waals surface area (Å²) in [4.78, 5) is 14.9. The van der Waals surface area contributed by atoms with E-state index in [1.807, 2.05) is 0 Å². The van der Waals surface area contributed by atoms with Crippen molar-refractivity contribution < 1.29 is 4.79 Å². The zero-order chi connectivity index (χ0) is 14.3. The van der Waals surface area contributed by atoms with Gasteiger partial charge >= 0.3 is 0 Å². The molecule has 1 aromatic carbocycles. The molecule has 0 aromatic heterocycles. The minimum absolute atomic E-state index is 0.0488. The molecule has 2 fully saturated rings. The lowest BCUT2D eigenvalue weighted by atomic mass is 10.0. The smallest absolute Gasteiger partial charge is 0.244 e. The summed E-state index contributed by atoms with van der Waals surface area (Å²) in [6.07, 6.45) is 4.20. The van der Waals surface area contributed by atoms with Crippen LogP contribution in [0.5, 0.6) is 0 Å². The summed E-state index contributed by atoms with van der Waals surface area (Å²) in [7, 11) is 0. The number of nitrogens with zero attached hydrogens (tertiary/aromatic N) is 1. The van der Waals surface area contributed by atoms with Crippen LogP contribution < -0.4 is 5.32 Å². The van der Waals surface area contributed by atoms with Crippen molar-refractivity contribution in [1.82, 2.24) is 10.2 Å². The van der Waals surface area contributed by atoms with Crippen LogP contribution in [0.4, 0.5) is 0 Å². The van der Waals surface area contributed by atoms with Gasteiger partial charge < -0.3 is 4.90 Å². The van der Waals surface area contributed by atoms with Gasteiger partial charge in [0.05, 0.1) is 0 Å². The molecular weight excluding hydrogens is 248 g/mol. The first-order valence-electron chi connectivity index (χ1n) is 7.75. The number of carbonyl (C=O) groups is 1. The third-order valence-electron chi connectivity index (χ3n) is 4.75. The van der Waals surface area contributed by atoms with Gasteiger partial charge in [-0.3, -0.25) is 10.1 Å². The standard InChI is InChI=1S/C17H24N2O/c1-4-7-13(3)19-15(14-9-6-5-8-12(14)2)18-17(10-11-17)16(19)20/h5-6,8-9,13,15,18H,4,7,10-11H2,1-3H3. The Morgan fingerprint density at radius 3 is 2.70 bits per heavy atom. The van der Waals surface area contributed by atoms with Crippen LogP contribution in [-0.4, -0.2) is 22.4 Å². The summed E-state index contributed by atoms with van der Waals surface area (Å²) in [6.45, 7) is 6.48. The summed E-state index contributed by atoms with van der Waals surface area (Å²) in [5.74, 6) is 0.312. The molecule has 20 heavy (non-hydrogen) atoms. The van der Waals surface area contributed by atoms with Crippen molar-refractivity contribution in [2.75, 3.05) is 0 Å². The van der Waals surface area contributed by atoms with Gasteiger partial charge in [0.2, 0.25) is 5.91 Å². The molecule has 1 saturated heterocycles. The first-order chi connectivity index (χ1) is 9.59. The van der Waals surface area contributed by atoms with E-state index >= 15 is 0 Å². The molecule has 3 rings (SSSR count). The van der Waals surface area contributed by atoms with Crippen LogP contribution in [0.2, 0.25) is 0 Å². The number of hydrogen-bond donors (Lipinski definition) is 1. The van der Waals surface area contributed by atoms with Crippen molar-refractivity contribution >= 4 is 5.91 Å². The van der Waals surface area contributed by atoms with Gasteiger partial charge in [-0.05, 0) is 44.2 Å². The highest BCUT2D eigenvalue weighted by Gasteiger charge is 2.60. The number of aryl methyl sites for hydroxylation is 1. The average Bonchev–Trinajstić information content (AvgIpc) is 3.13. The van der Waals surface area contributed by atoms with Crippen LogP contribution in [0.15, 0.2) is 24.3 Å². The molecule has 1 aliphatic heterocycles. The van der Waals surface area contributed by atoms with Crippen LogP contribution in [0.1, 0.15) is 56.8 Å². The third kappa shape index (κ3) is 2.05. The van der Waals surface area contributed by atoms with Crippen LogP contribution in [0, 0.1) is 6.92 Å². The van der Waals surface area contributed by atoms with Gasteiger partial charge in [-0.25, -0.2) is 0 Å². The Morgan fingerprint density at radius 1 is 1.40 bits per heavy atom. The van der Waals surface area contributed by atoms with Gasteiger partial charge in [0, 0.05) is 6.04 Å². The molecule has 1 N–H and O–H groups in total. The number of benzene rings is 1. The summed E-state index contributed by atoms with van der Waals surface area (Å²) in [6, 6.07) is 8.69. The molecule has 0 radical (unpaired) electrons. The molecule has 1 amide bonds. The van der Waals surface area contributed by atoms with E-state index in [0.717, 1.165) is 25.7 Å². The highest BCUT2D eigenvalue weighted by atomic mass is 16.2. The van der Waals surface area contributed by atoms with E-state index in [4.69, 9.17) is 0 Å². The first-order valence-corrected chi connectivity index (χ1v) is 7.75. The zero-order valence-corrected chi connectivity index (χ0v) is 12.6. The SMILES string of the molecule is CCCC(C)N1C(=O)C2(CC2)NC1c1ccccc1C. The maximum atomic E-state index is 12.8. The van der Waals surface area contributed by atoms with E-state index in [9.17, 15) is 4.79 Å². The Labute approximate surface area is 121 Å². The molecule has 2 unspecified atom stereocenters. The van der Waals surface area contributed by atoms with Gasteiger partial charge in [0.15, 0.2) is 0 Å². The summed E-state index contributed by atoms with van der Waals surface area (Å²) in [5, 5.41) is 3.61. The van der Waals surface area contributed by atoms with Gasteiger partial charge in [0.25, 0.3) is 0 Å². The fourth-order valence-corrected chi connectivity index (χ4v) is 3.37. The number of amides is 1. The van der Waals surface area contributed by atoms with Crippen molar-refractivity contribution in [2.45, 2.75) is 64.2 Å². The molecule has 108 valence electrons. The first kappa shape index (κ1) is 13.6. The summed E-state index contributed by atoms with van der Waals surface area (Å²) in [5.41, 5.74) is 2.26. The normalized spacial score (nSPS) is 25.2. The summed E-state index contributed by atoms with van der Waals surface area (Å²) < 4.78 is 0. The average molecular weight is 272 g/mol. The second-order valence-electron chi connectivity index (χ2n) is 6.34. The Kier molecular flexibility index (Phi) is 3.33. The molecule has 2 aliphatic rings. The van der Waals surface area contributed by atoms with Crippen molar-refractivity contribution in [3.05, 3.63) is 35.4 Å². The number of rotatable bonds is 4. The van der Waals surface area contributed by atoms with Crippen molar-refractivity contribution in [3.63, 3.8) is 0 Å². The molecule has 1 saturated carbocycles. The molecule has 1 spiro atoms. The van der Waals surface area contributed by atoms with Gasteiger partial charge in [-0.15, -0.1) is 0 Å². The fraction of sp³-hybridized carbons (Fsp3) is 0.588. The second kappa shape index (κ2) is 4.88. The van der Waals surface area contributed by atoms with Gasteiger partial charge in [-0.2, -0.15) is 0 Å².